The van der Waals surface area contributed by atoms with E-state index >= 15 is 0 Å². The van der Waals surface area contributed by atoms with Crippen LogP contribution < -0.4 is 0 Å². The molecule has 3 aromatic rings. The van der Waals surface area contributed by atoms with Crippen LogP contribution in [-0.2, 0) is 13.0 Å². The molecule has 0 saturated carbocycles. The largest absolute Gasteiger partial charge is 0.390 e. The van der Waals surface area contributed by atoms with E-state index < -0.39 is 0 Å². The standard InChI is InChI=1S/C13H13N3OS/c1-2-11-15-16-10(8-17)12(14-13(16)18-11)9-6-4-3-5-7-9/h3-7,17H,2,8H2,1H3. The molecular weight excluding hydrogens is 246 g/mol. The normalized spacial score (nSPS) is 11.2. The number of benzene rings is 1. The molecule has 0 radical (unpaired) electrons. The van der Waals surface area contributed by atoms with Crippen molar-refractivity contribution in [2.75, 3.05) is 0 Å². The Morgan fingerprint density at radius 3 is 2.72 bits per heavy atom. The van der Waals surface area contributed by atoms with Gasteiger partial charge in [-0.3, -0.25) is 0 Å². The fraction of sp³-hybridized carbons (Fsp3) is 0.231. The van der Waals surface area contributed by atoms with E-state index in [0.29, 0.717) is 0 Å². The lowest BCUT2D eigenvalue weighted by atomic mass is 10.1. The molecule has 0 saturated heterocycles. The average Bonchev–Trinajstić information content (AvgIpc) is 2.96. The first-order valence-corrected chi connectivity index (χ1v) is 6.68. The van der Waals surface area contributed by atoms with Crippen molar-refractivity contribution in [1.82, 2.24) is 14.6 Å². The monoisotopic (exact) mass is 259 g/mol. The Morgan fingerprint density at radius 1 is 1.28 bits per heavy atom. The molecule has 3 rings (SSSR count). The molecule has 1 aromatic carbocycles. The van der Waals surface area contributed by atoms with Gasteiger partial charge in [-0.2, -0.15) is 5.10 Å². The third kappa shape index (κ3) is 1.72. The molecule has 0 aliphatic rings. The van der Waals surface area contributed by atoms with Gasteiger partial charge in [0.1, 0.15) is 5.01 Å². The van der Waals surface area contributed by atoms with Crippen LogP contribution in [-0.4, -0.2) is 19.7 Å². The molecule has 0 atom stereocenters. The number of nitrogens with zero attached hydrogens (tertiary/aromatic N) is 3. The summed E-state index contributed by atoms with van der Waals surface area (Å²) in [5, 5.41) is 15.0. The lowest BCUT2D eigenvalue weighted by molar-refractivity contribution is 0.275. The molecule has 0 fully saturated rings. The van der Waals surface area contributed by atoms with Crippen LogP contribution in [0.2, 0.25) is 0 Å². The Bertz CT molecular complexity index is 672. The maximum Gasteiger partial charge on any atom is 0.213 e. The van der Waals surface area contributed by atoms with Crippen LogP contribution in [0.3, 0.4) is 0 Å². The second-order valence-electron chi connectivity index (χ2n) is 3.97. The van der Waals surface area contributed by atoms with Crippen LogP contribution in [0, 0.1) is 0 Å². The second-order valence-corrected chi connectivity index (χ2v) is 5.02. The summed E-state index contributed by atoms with van der Waals surface area (Å²) in [5.41, 5.74) is 2.59. The van der Waals surface area contributed by atoms with Crippen molar-refractivity contribution in [2.24, 2.45) is 0 Å². The molecule has 4 nitrogen and oxygen atoms in total. The highest BCUT2D eigenvalue weighted by Crippen LogP contribution is 2.26. The van der Waals surface area contributed by atoms with Crippen molar-refractivity contribution in [3.63, 3.8) is 0 Å². The van der Waals surface area contributed by atoms with Gasteiger partial charge in [-0.15, -0.1) is 0 Å². The third-order valence-corrected chi connectivity index (χ3v) is 3.89. The van der Waals surface area contributed by atoms with Crippen LogP contribution >= 0.6 is 11.3 Å². The van der Waals surface area contributed by atoms with Crippen LogP contribution in [0.1, 0.15) is 17.6 Å². The maximum atomic E-state index is 9.55. The summed E-state index contributed by atoms with van der Waals surface area (Å²) < 4.78 is 1.76. The van der Waals surface area contributed by atoms with Gasteiger partial charge in [-0.1, -0.05) is 48.6 Å². The topological polar surface area (TPSA) is 50.4 Å². The van der Waals surface area contributed by atoms with E-state index in [1.165, 1.54) is 0 Å². The summed E-state index contributed by atoms with van der Waals surface area (Å²) in [6.45, 7) is 2.01. The summed E-state index contributed by atoms with van der Waals surface area (Å²) in [5.74, 6) is 0. The summed E-state index contributed by atoms with van der Waals surface area (Å²) in [6, 6.07) is 9.89. The molecule has 0 spiro atoms. The highest BCUT2D eigenvalue weighted by Gasteiger charge is 2.16. The number of aliphatic hydroxyl groups excluding tert-OH is 1. The van der Waals surface area contributed by atoms with Gasteiger partial charge in [0.2, 0.25) is 4.96 Å². The average molecular weight is 259 g/mol. The van der Waals surface area contributed by atoms with Crippen molar-refractivity contribution in [1.29, 1.82) is 0 Å². The molecular formula is C13H13N3OS. The van der Waals surface area contributed by atoms with Crippen molar-refractivity contribution in [3.05, 3.63) is 41.0 Å². The molecule has 0 aliphatic heterocycles. The number of aryl methyl sites for hydroxylation is 1. The number of hydrogen-bond donors (Lipinski definition) is 1. The first kappa shape index (κ1) is 11.4. The lowest BCUT2D eigenvalue weighted by Gasteiger charge is -1.99. The van der Waals surface area contributed by atoms with Gasteiger partial charge in [0.15, 0.2) is 0 Å². The van der Waals surface area contributed by atoms with Gasteiger partial charge >= 0.3 is 0 Å². The van der Waals surface area contributed by atoms with Crippen LogP contribution in [0.5, 0.6) is 0 Å². The van der Waals surface area contributed by atoms with Gasteiger partial charge in [-0.25, -0.2) is 9.50 Å². The minimum absolute atomic E-state index is 0.0573. The van der Waals surface area contributed by atoms with E-state index in [9.17, 15) is 5.11 Å². The summed E-state index contributed by atoms with van der Waals surface area (Å²) in [4.78, 5) is 5.42. The van der Waals surface area contributed by atoms with E-state index in [2.05, 4.69) is 17.0 Å². The zero-order chi connectivity index (χ0) is 12.5. The summed E-state index contributed by atoms with van der Waals surface area (Å²) in [6.07, 6.45) is 0.888. The van der Waals surface area contributed by atoms with E-state index in [0.717, 1.165) is 33.3 Å². The van der Waals surface area contributed by atoms with Crippen LogP contribution in [0.15, 0.2) is 30.3 Å². The van der Waals surface area contributed by atoms with E-state index in [4.69, 9.17) is 0 Å². The Hall–Kier alpha value is -1.72. The SMILES string of the molecule is CCc1nn2c(CO)c(-c3ccccc3)nc2s1. The Kier molecular flexibility index (Phi) is 2.85. The molecule has 0 unspecified atom stereocenters. The Morgan fingerprint density at radius 2 is 2.06 bits per heavy atom. The smallest absolute Gasteiger partial charge is 0.213 e. The fourth-order valence-electron chi connectivity index (χ4n) is 1.94. The minimum atomic E-state index is -0.0573. The van der Waals surface area contributed by atoms with E-state index in [1.54, 1.807) is 15.9 Å². The molecule has 0 amide bonds. The first-order chi connectivity index (χ1) is 8.83. The number of aromatic nitrogens is 3. The molecule has 1 N–H and O–H groups in total. The zero-order valence-corrected chi connectivity index (χ0v) is 10.8. The first-order valence-electron chi connectivity index (χ1n) is 5.87. The molecule has 18 heavy (non-hydrogen) atoms. The molecule has 0 bridgehead atoms. The van der Waals surface area contributed by atoms with Crippen molar-refractivity contribution < 1.29 is 5.11 Å². The third-order valence-electron chi connectivity index (χ3n) is 2.84. The van der Waals surface area contributed by atoms with Crippen LogP contribution in [0.4, 0.5) is 0 Å². The lowest BCUT2D eigenvalue weighted by Crippen LogP contribution is -1.96. The van der Waals surface area contributed by atoms with Gasteiger partial charge in [-0.05, 0) is 6.42 Å². The summed E-state index contributed by atoms with van der Waals surface area (Å²) in [7, 11) is 0. The van der Waals surface area contributed by atoms with Crippen LogP contribution in [0.25, 0.3) is 16.2 Å². The number of fused-ring (bicyclic) bond motifs is 1. The maximum absolute atomic E-state index is 9.55. The van der Waals surface area contributed by atoms with Gasteiger partial charge in [0.05, 0.1) is 18.0 Å². The molecule has 2 heterocycles. The number of imidazole rings is 1. The van der Waals surface area contributed by atoms with Gasteiger partial charge < -0.3 is 5.11 Å². The van der Waals surface area contributed by atoms with Crippen molar-refractivity contribution in [3.8, 4) is 11.3 Å². The Labute approximate surface area is 109 Å². The highest BCUT2D eigenvalue weighted by molar-refractivity contribution is 7.16. The summed E-state index contributed by atoms with van der Waals surface area (Å²) >= 11 is 1.57. The van der Waals surface area contributed by atoms with Gasteiger partial charge in [0, 0.05) is 5.56 Å². The number of hydrogen-bond acceptors (Lipinski definition) is 4. The van der Waals surface area contributed by atoms with E-state index in [1.807, 2.05) is 30.3 Å². The molecule has 5 heteroatoms. The van der Waals surface area contributed by atoms with E-state index in [-0.39, 0.29) is 6.61 Å². The van der Waals surface area contributed by atoms with Crippen molar-refractivity contribution in [2.45, 2.75) is 20.0 Å². The molecule has 92 valence electrons. The predicted octanol–water partition coefficient (Wildman–Crippen LogP) is 2.51. The Balaban J connectivity index is 2.21. The molecule has 0 aliphatic carbocycles. The number of rotatable bonds is 3. The number of aliphatic hydroxyl groups is 1. The quantitative estimate of drug-likeness (QED) is 0.786. The predicted molar refractivity (Wildman–Crippen MR) is 71.6 cm³/mol. The molecule has 2 aromatic heterocycles. The van der Waals surface area contributed by atoms with Gasteiger partial charge in [0.25, 0.3) is 0 Å². The highest BCUT2D eigenvalue weighted by atomic mass is 32.1. The fourth-order valence-corrected chi connectivity index (χ4v) is 2.79. The zero-order valence-electron chi connectivity index (χ0n) is 10.00. The second kappa shape index (κ2) is 4.51. The van der Waals surface area contributed by atoms with Crippen molar-refractivity contribution >= 4 is 16.3 Å². The minimum Gasteiger partial charge on any atom is -0.390 e.